The van der Waals surface area contributed by atoms with Crippen LogP contribution in [0.15, 0.2) is 60.7 Å². The summed E-state index contributed by atoms with van der Waals surface area (Å²) in [5.41, 5.74) is 2.09. The quantitative estimate of drug-likeness (QED) is 0.487. The topological polar surface area (TPSA) is 119 Å². The number of non-ortho nitro benzene ring substituents is 1. The van der Waals surface area contributed by atoms with Crippen LogP contribution >= 0.6 is 0 Å². The maximum atomic E-state index is 13.1. The number of nitrogens with zero attached hydrogens (tertiary/aromatic N) is 3. The number of benzene rings is 2. The fourth-order valence-corrected chi connectivity index (χ4v) is 3.51. The molecule has 31 heavy (non-hydrogen) atoms. The summed E-state index contributed by atoms with van der Waals surface area (Å²) in [6, 6.07) is 16.2. The van der Waals surface area contributed by atoms with Gasteiger partial charge in [0.15, 0.2) is 0 Å². The van der Waals surface area contributed by atoms with Crippen LogP contribution in [-0.4, -0.2) is 39.1 Å². The van der Waals surface area contributed by atoms with E-state index in [9.17, 15) is 19.7 Å². The fourth-order valence-electron chi connectivity index (χ4n) is 3.51. The Morgan fingerprint density at radius 1 is 1.13 bits per heavy atom. The third-order valence-electron chi connectivity index (χ3n) is 5.16. The molecule has 3 aromatic rings. The summed E-state index contributed by atoms with van der Waals surface area (Å²) >= 11 is 0. The van der Waals surface area contributed by atoms with Crippen molar-refractivity contribution in [3.8, 4) is 16.9 Å². The van der Waals surface area contributed by atoms with Crippen molar-refractivity contribution in [1.29, 1.82) is 0 Å². The molecule has 0 aliphatic carbocycles. The van der Waals surface area contributed by atoms with Gasteiger partial charge in [0.25, 0.3) is 11.6 Å². The molecule has 2 aromatic carbocycles. The Balaban J connectivity index is 1.70. The molecule has 4 rings (SSSR count). The first-order valence-corrected chi connectivity index (χ1v) is 10.0. The lowest BCUT2D eigenvalue weighted by Crippen LogP contribution is -2.45. The molecule has 0 bridgehead atoms. The predicted molar refractivity (Wildman–Crippen MR) is 114 cm³/mol. The van der Waals surface area contributed by atoms with Crippen molar-refractivity contribution in [1.82, 2.24) is 20.4 Å². The van der Waals surface area contributed by atoms with Crippen LogP contribution in [0.1, 0.15) is 29.8 Å². The SMILES string of the molecule is O=C(N[C@H]1CCCCNC1=O)c1cc(-c2ccccc2)nn1-c1ccc([N+](=O)[O-])cc1. The zero-order valence-corrected chi connectivity index (χ0v) is 16.7. The second kappa shape index (κ2) is 8.78. The molecular weight excluding hydrogens is 398 g/mol. The highest BCUT2D eigenvalue weighted by atomic mass is 16.6. The van der Waals surface area contributed by atoms with Crippen molar-refractivity contribution in [2.75, 3.05) is 6.54 Å². The minimum absolute atomic E-state index is 0.0553. The van der Waals surface area contributed by atoms with Gasteiger partial charge in [-0.05, 0) is 37.5 Å². The van der Waals surface area contributed by atoms with Crippen molar-refractivity contribution >= 4 is 17.5 Å². The van der Waals surface area contributed by atoms with Gasteiger partial charge in [-0.1, -0.05) is 30.3 Å². The van der Waals surface area contributed by atoms with Crippen LogP contribution in [0.5, 0.6) is 0 Å². The highest BCUT2D eigenvalue weighted by Gasteiger charge is 2.25. The Kier molecular flexibility index (Phi) is 5.74. The van der Waals surface area contributed by atoms with Crippen LogP contribution in [0, 0.1) is 10.1 Å². The number of amides is 2. The van der Waals surface area contributed by atoms with E-state index in [1.807, 2.05) is 30.3 Å². The van der Waals surface area contributed by atoms with Gasteiger partial charge in [-0.15, -0.1) is 0 Å². The maximum Gasteiger partial charge on any atom is 0.270 e. The second-order valence-corrected chi connectivity index (χ2v) is 7.28. The summed E-state index contributed by atoms with van der Waals surface area (Å²) in [5.74, 6) is -0.634. The summed E-state index contributed by atoms with van der Waals surface area (Å²) in [4.78, 5) is 35.9. The lowest BCUT2D eigenvalue weighted by atomic mass is 10.1. The van der Waals surface area contributed by atoms with Crippen LogP contribution in [0.3, 0.4) is 0 Å². The largest absolute Gasteiger partial charge is 0.354 e. The van der Waals surface area contributed by atoms with Gasteiger partial charge in [-0.25, -0.2) is 4.68 Å². The molecule has 1 fully saturated rings. The van der Waals surface area contributed by atoms with Crippen LogP contribution < -0.4 is 10.6 Å². The van der Waals surface area contributed by atoms with E-state index >= 15 is 0 Å². The smallest absolute Gasteiger partial charge is 0.270 e. The van der Waals surface area contributed by atoms with Crippen molar-refractivity contribution in [3.05, 3.63) is 76.5 Å². The summed E-state index contributed by atoms with van der Waals surface area (Å²) in [6.45, 7) is 0.601. The van der Waals surface area contributed by atoms with Gasteiger partial charge in [-0.2, -0.15) is 5.10 Å². The van der Waals surface area contributed by atoms with Crippen LogP contribution in [0.4, 0.5) is 5.69 Å². The molecule has 1 aliphatic heterocycles. The number of carbonyl (C=O) groups is 2. The van der Waals surface area contributed by atoms with Gasteiger partial charge >= 0.3 is 0 Å². The first kappa shape index (κ1) is 20.3. The van der Waals surface area contributed by atoms with E-state index in [1.165, 1.54) is 28.9 Å². The molecule has 0 saturated carbocycles. The Bertz CT molecular complexity index is 1110. The molecule has 0 spiro atoms. The Morgan fingerprint density at radius 3 is 2.58 bits per heavy atom. The van der Waals surface area contributed by atoms with Gasteiger partial charge in [0.2, 0.25) is 5.91 Å². The van der Waals surface area contributed by atoms with Crippen molar-refractivity contribution in [2.24, 2.45) is 0 Å². The number of nitrogens with one attached hydrogen (secondary N) is 2. The van der Waals surface area contributed by atoms with Gasteiger partial charge in [0, 0.05) is 24.2 Å². The minimum atomic E-state index is -0.615. The fraction of sp³-hybridized carbons (Fsp3) is 0.227. The van der Waals surface area contributed by atoms with Crippen molar-refractivity contribution < 1.29 is 14.5 Å². The first-order chi connectivity index (χ1) is 15.0. The number of aromatic nitrogens is 2. The molecule has 158 valence electrons. The number of rotatable bonds is 5. The maximum absolute atomic E-state index is 13.1. The van der Waals surface area contributed by atoms with Crippen LogP contribution in [0.25, 0.3) is 16.9 Å². The van der Waals surface area contributed by atoms with Gasteiger partial charge in [0.1, 0.15) is 11.7 Å². The number of nitro benzene ring substituents is 1. The van der Waals surface area contributed by atoms with Crippen molar-refractivity contribution in [2.45, 2.75) is 25.3 Å². The molecule has 9 nitrogen and oxygen atoms in total. The molecule has 9 heteroatoms. The molecule has 1 aliphatic rings. The van der Waals surface area contributed by atoms with E-state index in [0.717, 1.165) is 18.4 Å². The molecule has 2 heterocycles. The van der Waals surface area contributed by atoms with E-state index in [2.05, 4.69) is 15.7 Å². The van der Waals surface area contributed by atoms with E-state index < -0.39 is 16.9 Å². The minimum Gasteiger partial charge on any atom is -0.354 e. The number of hydrogen-bond donors (Lipinski definition) is 2. The van der Waals surface area contributed by atoms with Gasteiger partial charge in [-0.3, -0.25) is 19.7 Å². The summed E-state index contributed by atoms with van der Waals surface area (Å²) in [5, 5.41) is 21.2. The summed E-state index contributed by atoms with van der Waals surface area (Å²) in [7, 11) is 0. The third kappa shape index (κ3) is 4.45. The Morgan fingerprint density at radius 2 is 1.87 bits per heavy atom. The van der Waals surface area contributed by atoms with Crippen molar-refractivity contribution in [3.63, 3.8) is 0 Å². The van der Waals surface area contributed by atoms with Gasteiger partial charge < -0.3 is 10.6 Å². The predicted octanol–water partition coefficient (Wildman–Crippen LogP) is 2.85. The van der Waals surface area contributed by atoms with Crippen LogP contribution in [-0.2, 0) is 4.79 Å². The lowest BCUT2D eigenvalue weighted by Gasteiger charge is -2.15. The van der Waals surface area contributed by atoms with Crippen LogP contribution in [0.2, 0.25) is 0 Å². The average molecular weight is 419 g/mol. The molecule has 2 N–H and O–H groups in total. The number of nitro groups is 1. The van der Waals surface area contributed by atoms with E-state index in [4.69, 9.17) is 0 Å². The monoisotopic (exact) mass is 419 g/mol. The third-order valence-corrected chi connectivity index (χ3v) is 5.16. The molecule has 2 amide bonds. The highest BCUT2D eigenvalue weighted by Crippen LogP contribution is 2.23. The first-order valence-electron chi connectivity index (χ1n) is 10.0. The number of carbonyl (C=O) groups excluding carboxylic acids is 2. The lowest BCUT2D eigenvalue weighted by molar-refractivity contribution is -0.384. The molecule has 1 aromatic heterocycles. The molecule has 1 atom stereocenters. The second-order valence-electron chi connectivity index (χ2n) is 7.28. The van der Waals surface area contributed by atoms with E-state index in [-0.39, 0.29) is 17.3 Å². The Hall–Kier alpha value is -4.01. The molecule has 0 radical (unpaired) electrons. The molecular formula is C22H21N5O4. The zero-order chi connectivity index (χ0) is 21.8. The summed E-state index contributed by atoms with van der Waals surface area (Å²) < 4.78 is 1.44. The summed E-state index contributed by atoms with van der Waals surface area (Å²) in [6.07, 6.45) is 2.27. The average Bonchev–Trinajstić information content (AvgIpc) is 3.14. The zero-order valence-electron chi connectivity index (χ0n) is 16.7. The molecule has 0 unspecified atom stereocenters. The highest BCUT2D eigenvalue weighted by molar-refractivity contribution is 5.97. The van der Waals surface area contributed by atoms with Gasteiger partial charge in [0.05, 0.1) is 16.3 Å². The molecule has 1 saturated heterocycles. The Labute approximate surface area is 178 Å². The number of hydrogen-bond acceptors (Lipinski definition) is 5. The van der Waals surface area contributed by atoms with E-state index in [0.29, 0.717) is 24.3 Å². The standard InChI is InChI=1S/C22H21N5O4/c28-21-18(8-4-5-13-23-21)24-22(29)20-14-19(15-6-2-1-3-7-15)25-26(20)16-9-11-17(12-10-16)27(30)31/h1-3,6-7,9-12,14,18H,4-5,8,13H2,(H,23,28)(H,24,29)/t18-/m0/s1. The van der Waals surface area contributed by atoms with E-state index in [1.54, 1.807) is 6.07 Å². The normalized spacial score (nSPS) is 16.3.